The first-order chi connectivity index (χ1) is 13.4. The van der Waals surface area contributed by atoms with Gasteiger partial charge in [0.1, 0.15) is 10.7 Å². The second kappa shape index (κ2) is 6.29. The SMILES string of the molecule is O=C1CCC2(CN(C(=O)c3sc4cc(-c5cccc(F)c5)ccc4c3Cl)C2)N1. The number of likely N-dealkylation sites (tertiary alicyclic amines) is 1. The number of benzene rings is 2. The van der Waals surface area contributed by atoms with Crippen LogP contribution in [-0.4, -0.2) is 35.3 Å². The normalized spacial score (nSPS) is 17.8. The topological polar surface area (TPSA) is 49.4 Å². The fraction of sp³-hybridized carbons (Fsp3) is 0.238. The zero-order valence-corrected chi connectivity index (χ0v) is 16.4. The van der Waals surface area contributed by atoms with Crippen LogP contribution in [0, 0.1) is 5.82 Å². The quantitative estimate of drug-likeness (QED) is 0.672. The Balaban J connectivity index is 1.43. The van der Waals surface area contributed by atoms with Crippen molar-refractivity contribution in [1.82, 2.24) is 10.2 Å². The molecule has 0 bridgehead atoms. The van der Waals surface area contributed by atoms with E-state index in [0.29, 0.717) is 29.4 Å². The third-order valence-electron chi connectivity index (χ3n) is 5.49. The number of thiophene rings is 1. The van der Waals surface area contributed by atoms with E-state index in [1.165, 1.54) is 23.5 Å². The maximum atomic E-state index is 13.5. The van der Waals surface area contributed by atoms with Crippen LogP contribution in [-0.2, 0) is 4.79 Å². The van der Waals surface area contributed by atoms with E-state index >= 15 is 0 Å². The molecule has 2 saturated heterocycles. The van der Waals surface area contributed by atoms with Crippen molar-refractivity contribution in [2.45, 2.75) is 18.4 Å². The molecule has 0 radical (unpaired) electrons. The molecule has 2 fully saturated rings. The summed E-state index contributed by atoms with van der Waals surface area (Å²) in [4.78, 5) is 26.6. The Morgan fingerprint density at radius 2 is 1.96 bits per heavy atom. The molecule has 2 aliphatic heterocycles. The molecule has 7 heteroatoms. The van der Waals surface area contributed by atoms with Crippen molar-refractivity contribution >= 4 is 44.8 Å². The largest absolute Gasteiger partial charge is 0.347 e. The number of nitrogens with zero attached hydrogens (tertiary/aromatic N) is 1. The molecule has 1 spiro atoms. The highest BCUT2D eigenvalue weighted by Gasteiger charge is 2.49. The van der Waals surface area contributed by atoms with Gasteiger partial charge < -0.3 is 10.2 Å². The summed E-state index contributed by atoms with van der Waals surface area (Å²) in [5.41, 5.74) is 1.40. The fourth-order valence-corrected chi connectivity index (χ4v) is 5.55. The zero-order valence-electron chi connectivity index (χ0n) is 14.8. The summed E-state index contributed by atoms with van der Waals surface area (Å²) in [6, 6.07) is 12.1. The molecule has 0 aliphatic carbocycles. The first kappa shape index (κ1) is 17.6. The number of hydrogen-bond acceptors (Lipinski definition) is 3. The molecule has 3 aromatic rings. The number of amides is 2. The molecule has 4 nitrogen and oxygen atoms in total. The van der Waals surface area contributed by atoms with Gasteiger partial charge in [0.05, 0.1) is 10.6 Å². The van der Waals surface area contributed by atoms with Gasteiger partial charge in [-0.2, -0.15) is 0 Å². The van der Waals surface area contributed by atoms with E-state index < -0.39 is 0 Å². The smallest absolute Gasteiger partial charge is 0.265 e. The molecule has 3 heterocycles. The first-order valence-corrected chi connectivity index (χ1v) is 10.2. The van der Waals surface area contributed by atoms with Crippen molar-refractivity contribution < 1.29 is 14.0 Å². The predicted octanol–water partition coefficient (Wildman–Crippen LogP) is 4.47. The van der Waals surface area contributed by atoms with Crippen LogP contribution in [0.5, 0.6) is 0 Å². The molecule has 1 N–H and O–H groups in total. The van der Waals surface area contributed by atoms with E-state index in [1.807, 2.05) is 24.3 Å². The minimum Gasteiger partial charge on any atom is -0.347 e. The Bertz CT molecular complexity index is 1140. The maximum Gasteiger partial charge on any atom is 0.265 e. The maximum absolute atomic E-state index is 13.5. The van der Waals surface area contributed by atoms with Gasteiger partial charge in [0, 0.05) is 29.6 Å². The minimum atomic E-state index is -0.289. The lowest BCUT2D eigenvalue weighted by molar-refractivity contribution is -0.120. The second-order valence-electron chi connectivity index (χ2n) is 7.46. The van der Waals surface area contributed by atoms with Crippen LogP contribution in [0.2, 0.25) is 5.02 Å². The average Bonchev–Trinajstić information content (AvgIpc) is 3.20. The number of rotatable bonds is 2. The standard InChI is InChI=1S/C21H16ClFN2O2S/c22-18-15-5-4-13(12-2-1-3-14(23)8-12)9-16(15)28-19(18)20(27)25-10-21(11-25)7-6-17(26)24-21/h1-5,8-9H,6-7,10-11H2,(H,24,26). The van der Waals surface area contributed by atoms with Crippen LogP contribution in [0.15, 0.2) is 42.5 Å². The number of carbonyl (C=O) groups excluding carboxylic acids is 2. The predicted molar refractivity (Wildman–Crippen MR) is 108 cm³/mol. The fourth-order valence-electron chi connectivity index (χ4n) is 4.03. The van der Waals surface area contributed by atoms with Gasteiger partial charge in [-0.1, -0.05) is 35.9 Å². The lowest BCUT2D eigenvalue weighted by atomic mass is 9.88. The number of carbonyl (C=O) groups is 2. The van der Waals surface area contributed by atoms with Crippen LogP contribution in [0.4, 0.5) is 4.39 Å². The molecule has 2 amide bonds. The summed E-state index contributed by atoms with van der Waals surface area (Å²) in [6.45, 7) is 1.05. The van der Waals surface area contributed by atoms with Gasteiger partial charge >= 0.3 is 0 Å². The molecule has 0 atom stereocenters. The summed E-state index contributed by atoms with van der Waals surface area (Å²) in [6.07, 6.45) is 1.29. The molecule has 2 aromatic carbocycles. The minimum absolute atomic E-state index is 0.0527. The molecular weight excluding hydrogens is 399 g/mol. The van der Waals surface area contributed by atoms with Gasteiger partial charge in [0.15, 0.2) is 0 Å². The van der Waals surface area contributed by atoms with Crippen molar-refractivity contribution in [1.29, 1.82) is 0 Å². The number of halogens is 2. The lowest BCUT2D eigenvalue weighted by Gasteiger charge is -2.47. The third kappa shape index (κ3) is 2.79. The lowest BCUT2D eigenvalue weighted by Crippen LogP contribution is -2.68. The van der Waals surface area contributed by atoms with Crippen molar-refractivity contribution in [3.63, 3.8) is 0 Å². The van der Waals surface area contributed by atoms with Gasteiger partial charge in [-0.05, 0) is 35.7 Å². The van der Waals surface area contributed by atoms with Crippen molar-refractivity contribution in [3.05, 3.63) is 58.2 Å². The van der Waals surface area contributed by atoms with E-state index in [4.69, 9.17) is 11.6 Å². The monoisotopic (exact) mass is 414 g/mol. The summed E-state index contributed by atoms with van der Waals surface area (Å²) in [5.74, 6) is -0.342. The summed E-state index contributed by atoms with van der Waals surface area (Å²) in [7, 11) is 0. The van der Waals surface area contributed by atoms with Gasteiger partial charge in [-0.25, -0.2) is 4.39 Å². The molecule has 5 rings (SSSR count). The summed E-state index contributed by atoms with van der Waals surface area (Å²) in [5, 5.41) is 4.25. The Labute approximate surface area is 169 Å². The molecule has 1 aromatic heterocycles. The summed E-state index contributed by atoms with van der Waals surface area (Å²) < 4.78 is 14.4. The number of fused-ring (bicyclic) bond motifs is 1. The zero-order chi connectivity index (χ0) is 19.5. The highest BCUT2D eigenvalue weighted by Crippen LogP contribution is 2.40. The van der Waals surface area contributed by atoms with E-state index in [9.17, 15) is 14.0 Å². The van der Waals surface area contributed by atoms with E-state index in [1.54, 1.807) is 11.0 Å². The van der Waals surface area contributed by atoms with Crippen LogP contribution in [0.1, 0.15) is 22.5 Å². The van der Waals surface area contributed by atoms with Crippen molar-refractivity contribution in [2.75, 3.05) is 13.1 Å². The molecular formula is C21H16ClFN2O2S. The van der Waals surface area contributed by atoms with E-state index in [-0.39, 0.29) is 23.2 Å². The Kier molecular flexibility index (Phi) is 3.96. The molecule has 2 aliphatic rings. The van der Waals surface area contributed by atoms with Crippen LogP contribution in [0.25, 0.3) is 21.2 Å². The number of nitrogens with one attached hydrogen (secondary N) is 1. The Morgan fingerprint density at radius 1 is 1.18 bits per heavy atom. The molecule has 0 unspecified atom stereocenters. The Hall–Kier alpha value is -2.44. The first-order valence-electron chi connectivity index (χ1n) is 9.02. The van der Waals surface area contributed by atoms with E-state index in [0.717, 1.165) is 27.6 Å². The van der Waals surface area contributed by atoms with Crippen molar-refractivity contribution in [3.8, 4) is 11.1 Å². The van der Waals surface area contributed by atoms with Crippen molar-refractivity contribution in [2.24, 2.45) is 0 Å². The summed E-state index contributed by atoms with van der Waals surface area (Å²) >= 11 is 7.86. The van der Waals surface area contributed by atoms with Gasteiger partial charge in [0.25, 0.3) is 5.91 Å². The molecule has 28 heavy (non-hydrogen) atoms. The highest BCUT2D eigenvalue weighted by atomic mass is 35.5. The van der Waals surface area contributed by atoms with Gasteiger partial charge in [-0.15, -0.1) is 11.3 Å². The van der Waals surface area contributed by atoms with Crippen LogP contribution < -0.4 is 5.32 Å². The average molecular weight is 415 g/mol. The highest BCUT2D eigenvalue weighted by molar-refractivity contribution is 7.21. The van der Waals surface area contributed by atoms with Crippen LogP contribution >= 0.6 is 22.9 Å². The molecule has 142 valence electrons. The molecule has 0 saturated carbocycles. The third-order valence-corrected chi connectivity index (χ3v) is 7.14. The van der Waals surface area contributed by atoms with E-state index in [2.05, 4.69) is 5.32 Å². The van der Waals surface area contributed by atoms with Gasteiger partial charge in [0.2, 0.25) is 5.91 Å². The Morgan fingerprint density at radius 3 is 2.68 bits per heavy atom. The van der Waals surface area contributed by atoms with Crippen LogP contribution in [0.3, 0.4) is 0 Å². The number of hydrogen-bond donors (Lipinski definition) is 1. The second-order valence-corrected chi connectivity index (χ2v) is 8.89. The van der Waals surface area contributed by atoms with Gasteiger partial charge in [-0.3, -0.25) is 9.59 Å².